The lowest BCUT2D eigenvalue weighted by atomic mass is 10.1. The van der Waals surface area contributed by atoms with E-state index in [1.807, 2.05) is 13.8 Å². The van der Waals surface area contributed by atoms with Gasteiger partial charge in [-0.1, -0.05) is 19.9 Å². The molecule has 3 heteroatoms. The van der Waals surface area contributed by atoms with Crippen LogP contribution < -0.4 is 0 Å². The average Bonchev–Trinajstić information content (AvgIpc) is 2.52. The van der Waals surface area contributed by atoms with Gasteiger partial charge in [0.25, 0.3) is 0 Å². The minimum Gasteiger partial charge on any atom is -0.478 e. The number of aliphatic carboxylic acids is 1. The standard InChI is InChI=1S/C10H14O3/c1-6(9(12)13)4-7-8(5-11)10(7,2)3/h4-5,7-8H,1-3H3,(H,12,13)/b6-4+/t7-,8-/m0/s1. The number of carbonyl (C=O) groups excluding carboxylic acids is 1. The zero-order valence-corrected chi connectivity index (χ0v) is 8.07. The fraction of sp³-hybridized carbons (Fsp3) is 0.600. The van der Waals surface area contributed by atoms with Crippen LogP contribution in [0.2, 0.25) is 0 Å². The Morgan fingerprint density at radius 3 is 2.23 bits per heavy atom. The van der Waals surface area contributed by atoms with Crippen LogP contribution in [0.15, 0.2) is 11.6 Å². The van der Waals surface area contributed by atoms with Crippen molar-refractivity contribution in [3.05, 3.63) is 11.6 Å². The zero-order chi connectivity index (χ0) is 10.2. The summed E-state index contributed by atoms with van der Waals surface area (Å²) < 4.78 is 0. The van der Waals surface area contributed by atoms with Gasteiger partial charge in [-0.05, 0) is 18.3 Å². The lowest BCUT2D eigenvalue weighted by molar-refractivity contribution is -0.132. The van der Waals surface area contributed by atoms with Crippen LogP contribution in [0, 0.1) is 17.3 Å². The second-order valence-electron chi connectivity index (χ2n) is 4.16. The molecule has 0 amide bonds. The average molecular weight is 182 g/mol. The highest BCUT2D eigenvalue weighted by atomic mass is 16.4. The van der Waals surface area contributed by atoms with Crippen LogP contribution in [0.25, 0.3) is 0 Å². The van der Waals surface area contributed by atoms with Crippen molar-refractivity contribution in [2.45, 2.75) is 20.8 Å². The van der Waals surface area contributed by atoms with Gasteiger partial charge >= 0.3 is 5.97 Å². The SMILES string of the molecule is C/C(=C\[C@H]1[C@H](C=O)C1(C)C)C(=O)O. The van der Waals surface area contributed by atoms with Crippen LogP contribution in [0.3, 0.4) is 0 Å². The monoisotopic (exact) mass is 182 g/mol. The summed E-state index contributed by atoms with van der Waals surface area (Å²) in [5.41, 5.74) is 0.265. The molecule has 0 aromatic rings. The normalized spacial score (nSPS) is 31.2. The van der Waals surface area contributed by atoms with Crippen molar-refractivity contribution in [1.29, 1.82) is 0 Å². The Balaban J connectivity index is 2.74. The highest BCUT2D eigenvalue weighted by Gasteiger charge is 2.56. The molecule has 0 heterocycles. The summed E-state index contributed by atoms with van der Waals surface area (Å²) in [5, 5.41) is 8.63. The van der Waals surface area contributed by atoms with Gasteiger partial charge in [0.05, 0.1) is 0 Å². The second-order valence-corrected chi connectivity index (χ2v) is 4.16. The van der Waals surface area contributed by atoms with Gasteiger partial charge in [0, 0.05) is 11.5 Å². The number of aldehydes is 1. The smallest absolute Gasteiger partial charge is 0.330 e. The van der Waals surface area contributed by atoms with Crippen molar-refractivity contribution < 1.29 is 14.7 Å². The van der Waals surface area contributed by atoms with E-state index in [-0.39, 0.29) is 17.3 Å². The molecule has 0 aromatic heterocycles. The third kappa shape index (κ3) is 1.64. The number of rotatable bonds is 3. The molecule has 0 aromatic carbocycles. The van der Waals surface area contributed by atoms with Gasteiger partial charge in [-0.3, -0.25) is 0 Å². The Hall–Kier alpha value is -1.12. The number of hydrogen-bond donors (Lipinski definition) is 1. The second kappa shape index (κ2) is 2.98. The molecule has 1 rings (SSSR count). The minimum atomic E-state index is -0.910. The quantitative estimate of drug-likeness (QED) is 0.531. The molecule has 2 atom stereocenters. The molecule has 1 saturated carbocycles. The third-order valence-electron chi connectivity index (χ3n) is 2.91. The van der Waals surface area contributed by atoms with Crippen LogP contribution in [-0.4, -0.2) is 17.4 Å². The number of allylic oxidation sites excluding steroid dienone is 1. The van der Waals surface area contributed by atoms with Gasteiger partial charge in [-0.15, -0.1) is 0 Å². The van der Waals surface area contributed by atoms with E-state index in [9.17, 15) is 9.59 Å². The molecule has 0 spiro atoms. The number of hydrogen-bond acceptors (Lipinski definition) is 2. The maximum absolute atomic E-state index is 10.6. The summed E-state index contributed by atoms with van der Waals surface area (Å²) in [6, 6.07) is 0. The van der Waals surface area contributed by atoms with E-state index in [2.05, 4.69) is 0 Å². The first-order chi connectivity index (χ1) is 5.91. The molecule has 1 N–H and O–H groups in total. The fourth-order valence-electron chi connectivity index (χ4n) is 1.64. The summed E-state index contributed by atoms with van der Waals surface area (Å²) in [7, 11) is 0. The van der Waals surface area contributed by atoms with E-state index in [0.29, 0.717) is 5.57 Å². The van der Waals surface area contributed by atoms with Crippen LogP contribution in [0.1, 0.15) is 20.8 Å². The lowest BCUT2D eigenvalue weighted by Gasteiger charge is -1.97. The van der Waals surface area contributed by atoms with Crippen LogP contribution in [0.4, 0.5) is 0 Å². The first kappa shape index (κ1) is 9.96. The molecule has 3 nitrogen and oxygen atoms in total. The van der Waals surface area contributed by atoms with Gasteiger partial charge in [0.15, 0.2) is 0 Å². The number of carbonyl (C=O) groups is 2. The van der Waals surface area contributed by atoms with Crippen LogP contribution >= 0.6 is 0 Å². The van der Waals surface area contributed by atoms with E-state index in [0.717, 1.165) is 6.29 Å². The summed E-state index contributed by atoms with van der Waals surface area (Å²) in [6.07, 6.45) is 2.59. The predicted octanol–water partition coefficient (Wildman–Crippen LogP) is 1.49. The summed E-state index contributed by atoms with van der Waals surface area (Å²) in [6.45, 7) is 5.50. The first-order valence-electron chi connectivity index (χ1n) is 4.28. The Bertz CT molecular complexity index is 276. The van der Waals surface area contributed by atoms with Crippen molar-refractivity contribution in [2.75, 3.05) is 0 Å². The van der Waals surface area contributed by atoms with E-state index in [4.69, 9.17) is 5.11 Å². The van der Waals surface area contributed by atoms with Gasteiger partial charge < -0.3 is 9.90 Å². The maximum atomic E-state index is 10.6. The van der Waals surface area contributed by atoms with E-state index in [1.54, 1.807) is 13.0 Å². The molecule has 1 fully saturated rings. The van der Waals surface area contributed by atoms with Crippen molar-refractivity contribution in [3.8, 4) is 0 Å². The van der Waals surface area contributed by atoms with Gasteiger partial charge in [0.1, 0.15) is 6.29 Å². The van der Waals surface area contributed by atoms with Crippen molar-refractivity contribution >= 4 is 12.3 Å². The Morgan fingerprint density at radius 2 is 1.92 bits per heavy atom. The van der Waals surface area contributed by atoms with Crippen LogP contribution in [0.5, 0.6) is 0 Å². The number of carboxylic acid groups (broad SMARTS) is 1. The predicted molar refractivity (Wildman–Crippen MR) is 48.2 cm³/mol. The van der Waals surface area contributed by atoms with Gasteiger partial charge in [-0.2, -0.15) is 0 Å². The topological polar surface area (TPSA) is 54.4 Å². The Morgan fingerprint density at radius 1 is 1.38 bits per heavy atom. The third-order valence-corrected chi connectivity index (χ3v) is 2.91. The Labute approximate surface area is 77.4 Å². The summed E-state index contributed by atoms with van der Waals surface area (Å²) in [5.74, 6) is -0.824. The first-order valence-corrected chi connectivity index (χ1v) is 4.28. The van der Waals surface area contributed by atoms with Gasteiger partial charge in [-0.25, -0.2) is 4.79 Å². The van der Waals surface area contributed by atoms with Crippen molar-refractivity contribution in [3.63, 3.8) is 0 Å². The maximum Gasteiger partial charge on any atom is 0.330 e. The highest BCUT2D eigenvalue weighted by Crippen LogP contribution is 2.57. The summed E-state index contributed by atoms with van der Waals surface area (Å²) >= 11 is 0. The molecule has 72 valence electrons. The Kier molecular flexibility index (Phi) is 2.28. The molecule has 1 aliphatic carbocycles. The molecule has 0 unspecified atom stereocenters. The highest BCUT2D eigenvalue weighted by molar-refractivity contribution is 5.86. The molecular weight excluding hydrogens is 168 g/mol. The molecule has 0 aliphatic heterocycles. The molecule has 0 saturated heterocycles. The molecule has 13 heavy (non-hydrogen) atoms. The zero-order valence-electron chi connectivity index (χ0n) is 8.07. The fourth-order valence-corrected chi connectivity index (χ4v) is 1.64. The van der Waals surface area contributed by atoms with Crippen LogP contribution in [-0.2, 0) is 9.59 Å². The van der Waals surface area contributed by atoms with Crippen molar-refractivity contribution in [1.82, 2.24) is 0 Å². The molecule has 0 radical (unpaired) electrons. The molecule has 1 aliphatic rings. The lowest BCUT2D eigenvalue weighted by Crippen LogP contribution is -1.97. The molecular formula is C10H14O3. The summed E-state index contributed by atoms with van der Waals surface area (Å²) in [4.78, 5) is 21.1. The van der Waals surface area contributed by atoms with E-state index in [1.165, 1.54) is 0 Å². The van der Waals surface area contributed by atoms with Gasteiger partial charge in [0.2, 0.25) is 0 Å². The largest absolute Gasteiger partial charge is 0.478 e. The molecule has 0 bridgehead atoms. The minimum absolute atomic E-state index is 0.0122. The van der Waals surface area contributed by atoms with E-state index >= 15 is 0 Å². The van der Waals surface area contributed by atoms with E-state index < -0.39 is 5.97 Å². The van der Waals surface area contributed by atoms with Crippen molar-refractivity contribution in [2.24, 2.45) is 17.3 Å². The number of carboxylic acids is 1.